The molecular weight excluding hydrogens is 319 g/mol. The molecule has 1 N–H and O–H groups in total. The van der Waals surface area contributed by atoms with E-state index in [2.05, 4.69) is 15.5 Å². The molecule has 0 aliphatic heterocycles. The predicted molar refractivity (Wildman–Crippen MR) is 94.5 cm³/mol. The van der Waals surface area contributed by atoms with Gasteiger partial charge in [0.25, 0.3) is 5.91 Å². The van der Waals surface area contributed by atoms with Crippen LogP contribution in [0.5, 0.6) is 0 Å². The first-order chi connectivity index (χ1) is 12.1. The highest BCUT2D eigenvalue weighted by Gasteiger charge is 2.10. The lowest BCUT2D eigenvalue weighted by Crippen LogP contribution is -2.17. The fraction of sp³-hybridized carbons (Fsp3) is 0.105. The van der Waals surface area contributed by atoms with Gasteiger partial charge in [-0.05, 0) is 56.3 Å². The van der Waals surface area contributed by atoms with Crippen molar-refractivity contribution < 1.29 is 9.18 Å². The highest BCUT2D eigenvalue weighted by molar-refractivity contribution is 5.94. The van der Waals surface area contributed by atoms with E-state index in [0.717, 1.165) is 22.6 Å². The van der Waals surface area contributed by atoms with Crippen molar-refractivity contribution in [1.29, 1.82) is 0 Å². The van der Waals surface area contributed by atoms with Crippen LogP contribution in [-0.4, -0.2) is 21.7 Å². The van der Waals surface area contributed by atoms with Crippen LogP contribution in [0.2, 0.25) is 0 Å². The average Bonchev–Trinajstić information content (AvgIpc) is 2.90. The second-order valence-electron chi connectivity index (χ2n) is 5.57. The number of nitrogens with one attached hydrogen (secondary N) is 1. The molecule has 25 heavy (non-hydrogen) atoms. The van der Waals surface area contributed by atoms with E-state index in [-0.39, 0.29) is 11.7 Å². The Balaban J connectivity index is 1.79. The van der Waals surface area contributed by atoms with E-state index >= 15 is 0 Å². The molecule has 0 spiro atoms. The molecule has 0 aliphatic rings. The van der Waals surface area contributed by atoms with Gasteiger partial charge in [-0.3, -0.25) is 9.78 Å². The van der Waals surface area contributed by atoms with E-state index in [9.17, 15) is 9.18 Å². The van der Waals surface area contributed by atoms with E-state index in [1.54, 1.807) is 42.9 Å². The Morgan fingerprint density at radius 3 is 2.52 bits per heavy atom. The Morgan fingerprint density at radius 1 is 1.16 bits per heavy atom. The molecule has 2 aromatic heterocycles. The molecule has 0 unspecified atom stereocenters. The van der Waals surface area contributed by atoms with Crippen molar-refractivity contribution in [3.05, 3.63) is 83.2 Å². The van der Waals surface area contributed by atoms with Crippen LogP contribution in [0.15, 0.2) is 60.0 Å². The van der Waals surface area contributed by atoms with Crippen LogP contribution in [0.1, 0.15) is 27.3 Å². The summed E-state index contributed by atoms with van der Waals surface area (Å²) >= 11 is 0. The summed E-state index contributed by atoms with van der Waals surface area (Å²) in [5.41, 5.74) is 6.67. The summed E-state index contributed by atoms with van der Waals surface area (Å²) in [4.78, 5) is 15.8. The summed E-state index contributed by atoms with van der Waals surface area (Å²) in [6, 6.07) is 11.5. The standard InChI is InChI=1S/C19H17FN4O/c1-13-11-16(12-22-23-19(25)15-7-9-21-10-8-15)14(2)24(13)18-5-3-17(20)4-6-18/h3-12H,1-2H3,(H,23,25)/b22-12-. The van der Waals surface area contributed by atoms with Crippen molar-refractivity contribution >= 4 is 12.1 Å². The molecule has 0 saturated carbocycles. The van der Waals surface area contributed by atoms with Crippen LogP contribution in [-0.2, 0) is 0 Å². The Bertz CT molecular complexity index is 915. The van der Waals surface area contributed by atoms with Crippen LogP contribution < -0.4 is 5.43 Å². The topological polar surface area (TPSA) is 59.3 Å². The summed E-state index contributed by atoms with van der Waals surface area (Å²) in [7, 11) is 0. The number of halogens is 1. The lowest BCUT2D eigenvalue weighted by molar-refractivity contribution is 0.0955. The second kappa shape index (κ2) is 7.09. The predicted octanol–water partition coefficient (Wildman–Crippen LogP) is 3.39. The third kappa shape index (κ3) is 3.63. The van der Waals surface area contributed by atoms with E-state index < -0.39 is 0 Å². The van der Waals surface area contributed by atoms with Crippen LogP contribution in [0.3, 0.4) is 0 Å². The van der Waals surface area contributed by atoms with E-state index in [1.807, 2.05) is 24.5 Å². The van der Waals surface area contributed by atoms with Gasteiger partial charge < -0.3 is 4.57 Å². The summed E-state index contributed by atoms with van der Waals surface area (Å²) in [6.45, 7) is 3.91. The number of hydrogen-bond acceptors (Lipinski definition) is 3. The molecule has 126 valence electrons. The highest BCUT2D eigenvalue weighted by atomic mass is 19.1. The van der Waals surface area contributed by atoms with Gasteiger partial charge in [-0.2, -0.15) is 5.10 Å². The molecule has 1 aromatic carbocycles. The van der Waals surface area contributed by atoms with Crippen molar-refractivity contribution in [2.24, 2.45) is 5.10 Å². The van der Waals surface area contributed by atoms with Gasteiger partial charge in [0, 0.05) is 40.6 Å². The maximum absolute atomic E-state index is 13.1. The highest BCUT2D eigenvalue weighted by Crippen LogP contribution is 2.20. The Hall–Kier alpha value is -3.28. The molecule has 2 heterocycles. The molecule has 0 saturated heterocycles. The number of hydrazone groups is 1. The zero-order valence-corrected chi connectivity index (χ0v) is 13.9. The monoisotopic (exact) mass is 336 g/mol. The Kier molecular flexibility index (Phi) is 4.70. The minimum absolute atomic E-state index is 0.271. The van der Waals surface area contributed by atoms with Crippen LogP contribution in [0.25, 0.3) is 5.69 Å². The first-order valence-electron chi connectivity index (χ1n) is 7.74. The van der Waals surface area contributed by atoms with Gasteiger partial charge in [0.05, 0.1) is 6.21 Å². The zero-order valence-electron chi connectivity index (χ0n) is 13.9. The lowest BCUT2D eigenvalue weighted by atomic mass is 10.2. The second-order valence-corrected chi connectivity index (χ2v) is 5.57. The number of aryl methyl sites for hydroxylation is 1. The van der Waals surface area contributed by atoms with Crippen molar-refractivity contribution in [3.8, 4) is 5.69 Å². The minimum atomic E-state index is -0.300. The molecule has 0 fully saturated rings. The fourth-order valence-electron chi connectivity index (χ4n) is 2.63. The Morgan fingerprint density at radius 2 is 1.84 bits per heavy atom. The number of benzene rings is 1. The number of nitrogens with zero attached hydrogens (tertiary/aromatic N) is 3. The van der Waals surface area contributed by atoms with Gasteiger partial charge in [-0.1, -0.05) is 0 Å². The molecule has 0 bridgehead atoms. The normalized spacial score (nSPS) is 11.0. The smallest absolute Gasteiger partial charge is 0.271 e. The molecule has 0 aliphatic carbocycles. The molecule has 1 amide bonds. The van der Waals surface area contributed by atoms with Gasteiger partial charge in [-0.25, -0.2) is 9.82 Å². The first-order valence-corrected chi connectivity index (χ1v) is 7.74. The number of carbonyl (C=O) groups is 1. The maximum Gasteiger partial charge on any atom is 0.271 e. The van der Waals surface area contributed by atoms with E-state index in [0.29, 0.717) is 5.56 Å². The molecule has 0 radical (unpaired) electrons. The summed E-state index contributed by atoms with van der Waals surface area (Å²) in [5, 5.41) is 4.02. The number of rotatable bonds is 4. The fourth-order valence-corrected chi connectivity index (χ4v) is 2.63. The summed E-state index contributed by atoms with van der Waals surface area (Å²) < 4.78 is 15.1. The number of hydrogen-bond donors (Lipinski definition) is 1. The molecule has 3 rings (SSSR count). The first kappa shape index (κ1) is 16.6. The van der Waals surface area contributed by atoms with E-state index in [4.69, 9.17) is 0 Å². The van der Waals surface area contributed by atoms with Gasteiger partial charge in [-0.15, -0.1) is 0 Å². The average molecular weight is 336 g/mol. The largest absolute Gasteiger partial charge is 0.318 e. The van der Waals surface area contributed by atoms with Crippen LogP contribution in [0.4, 0.5) is 4.39 Å². The number of amides is 1. The summed E-state index contributed by atoms with van der Waals surface area (Å²) in [6.07, 6.45) is 4.70. The zero-order chi connectivity index (χ0) is 17.8. The van der Waals surface area contributed by atoms with Gasteiger partial charge in [0.1, 0.15) is 5.82 Å². The number of pyridine rings is 1. The molecule has 3 aromatic rings. The SMILES string of the molecule is Cc1cc(/C=N\NC(=O)c2ccncc2)c(C)n1-c1ccc(F)cc1. The summed E-state index contributed by atoms with van der Waals surface area (Å²) in [5.74, 6) is -0.571. The van der Waals surface area contributed by atoms with Crippen molar-refractivity contribution in [2.75, 3.05) is 0 Å². The lowest BCUT2D eigenvalue weighted by Gasteiger charge is -2.09. The van der Waals surface area contributed by atoms with Gasteiger partial charge >= 0.3 is 0 Å². The molecule has 0 atom stereocenters. The molecule has 5 nitrogen and oxygen atoms in total. The van der Waals surface area contributed by atoms with Crippen molar-refractivity contribution in [2.45, 2.75) is 13.8 Å². The third-order valence-electron chi connectivity index (χ3n) is 3.87. The van der Waals surface area contributed by atoms with Crippen molar-refractivity contribution in [3.63, 3.8) is 0 Å². The minimum Gasteiger partial charge on any atom is -0.318 e. The van der Waals surface area contributed by atoms with Crippen molar-refractivity contribution in [1.82, 2.24) is 15.0 Å². The molecule has 6 heteroatoms. The molecular formula is C19H17FN4O. The quantitative estimate of drug-likeness (QED) is 0.586. The number of aromatic nitrogens is 2. The number of carbonyl (C=O) groups excluding carboxylic acids is 1. The van der Waals surface area contributed by atoms with E-state index in [1.165, 1.54) is 12.1 Å². The van der Waals surface area contributed by atoms with Gasteiger partial charge in [0.2, 0.25) is 0 Å². The van der Waals surface area contributed by atoms with Gasteiger partial charge in [0.15, 0.2) is 0 Å². The maximum atomic E-state index is 13.1. The van der Waals surface area contributed by atoms with Crippen LogP contribution in [0, 0.1) is 19.7 Å². The third-order valence-corrected chi connectivity index (χ3v) is 3.87. The Labute approximate surface area is 144 Å². The van der Waals surface area contributed by atoms with Crippen LogP contribution >= 0.6 is 0 Å².